The summed E-state index contributed by atoms with van der Waals surface area (Å²) in [6.45, 7) is 0.233. The second-order valence-electron chi connectivity index (χ2n) is 4.13. The molecule has 0 amide bonds. The Hall–Kier alpha value is -2.87. The van der Waals surface area contributed by atoms with Gasteiger partial charge in [-0.05, 0) is 29.8 Å². The zero-order chi connectivity index (χ0) is 14.5. The Bertz CT molecular complexity index is 693. The van der Waals surface area contributed by atoms with E-state index in [0.29, 0.717) is 5.56 Å². The molecule has 0 spiro atoms. The summed E-state index contributed by atoms with van der Waals surface area (Å²) in [5, 5.41) is 20.6. The van der Waals surface area contributed by atoms with Gasteiger partial charge in [-0.15, -0.1) is 0 Å². The Labute approximate surface area is 115 Å². The maximum atomic E-state index is 13.7. The monoisotopic (exact) mass is 270 g/mol. The first kappa shape index (κ1) is 13.6. The lowest BCUT2D eigenvalue weighted by Crippen LogP contribution is -2.08. The Morgan fingerprint density at radius 2 is 2.05 bits per heavy atom. The lowest BCUT2D eigenvalue weighted by molar-refractivity contribution is 0.0697. The number of hydrogen-bond donors (Lipinski definition) is 2. The van der Waals surface area contributed by atoms with Crippen LogP contribution in [0.25, 0.3) is 0 Å². The van der Waals surface area contributed by atoms with Gasteiger partial charge in [-0.3, -0.25) is 0 Å². The van der Waals surface area contributed by atoms with E-state index in [0.717, 1.165) is 5.56 Å². The van der Waals surface area contributed by atoms with Gasteiger partial charge in [0.1, 0.15) is 5.82 Å². The number of nitrogens with one attached hydrogen (secondary N) is 1. The predicted octanol–water partition coefficient (Wildman–Crippen LogP) is 3.01. The lowest BCUT2D eigenvalue weighted by Gasteiger charge is -2.10. The van der Waals surface area contributed by atoms with Gasteiger partial charge in [-0.25, -0.2) is 9.18 Å². The van der Waals surface area contributed by atoms with Gasteiger partial charge < -0.3 is 10.4 Å². The van der Waals surface area contributed by atoms with Gasteiger partial charge in [0.2, 0.25) is 0 Å². The van der Waals surface area contributed by atoms with Crippen LogP contribution in [0.2, 0.25) is 0 Å². The van der Waals surface area contributed by atoms with Crippen molar-refractivity contribution in [3.63, 3.8) is 0 Å². The van der Waals surface area contributed by atoms with Crippen LogP contribution in [-0.4, -0.2) is 11.1 Å². The molecule has 4 nitrogen and oxygen atoms in total. The van der Waals surface area contributed by atoms with Crippen LogP contribution in [0, 0.1) is 17.1 Å². The van der Waals surface area contributed by atoms with Crippen molar-refractivity contribution >= 4 is 11.7 Å². The highest BCUT2D eigenvalue weighted by Gasteiger charge is 2.13. The summed E-state index contributed by atoms with van der Waals surface area (Å²) in [4.78, 5) is 11.0. The average molecular weight is 270 g/mol. The molecule has 0 aliphatic rings. The average Bonchev–Trinajstić information content (AvgIpc) is 2.45. The van der Waals surface area contributed by atoms with Crippen molar-refractivity contribution in [3.05, 3.63) is 65.0 Å². The topological polar surface area (TPSA) is 73.1 Å². The quantitative estimate of drug-likeness (QED) is 0.895. The molecule has 0 unspecified atom stereocenters. The van der Waals surface area contributed by atoms with E-state index in [1.807, 2.05) is 6.07 Å². The van der Waals surface area contributed by atoms with Gasteiger partial charge in [0.05, 0.1) is 22.9 Å². The number of aromatic carboxylic acids is 1. The second-order valence-corrected chi connectivity index (χ2v) is 4.13. The van der Waals surface area contributed by atoms with Crippen molar-refractivity contribution in [2.45, 2.75) is 6.54 Å². The number of halogens is 1. The summed E-state index contributed by atoms with van der Waals surface area (Å²) in [6.07, 6.45) is 0. The highest BCUT2D eigenvalue weighted by molar-refractivity contribution is 5.94. The number of para-hydroxylation sites is 1. The highest BCUT2D eigenvalue weighted by Crippen LogP contribution is 2.20. The first-order valence-electron chi connectivity index (χ1n) is 5.86. The van der Waals surface area contributed by atoms with Crippen LogP contribution in [0.5, 0.6) is 0 Å². The molecule has 0 heterocycles. The number of rotatable bonds is 4. The van der Waals surface area contributed by atoms with Gasteiger partial charge in [-0.2, -0.15) is 5.26 Å². The van der Waals surface area contributed by atoms with E-state index in [1.165, 1.54) is 18.2 Å². The summed E-state index contributed by atoms with van der Waals surface area (Å²) in [5.41, 5.74) is 1.09. The summed E-state index contributed by atoms with van der Waals surface area (Å²) in [7, 11) is 0. The molecule has 100 valence electrons. The smallest absolute Gasteiger partial charge is 0.337 e. The minimum Gasteiger partial charge on any atom is -0.478 e. The molecule has 0 aliphatic heterocycles. The van der Waals surface area contributed by atoms with Crippen molar-refractivity contribution in [3.8, 4) is 6.07 Å². The SMILES string of the molecule is N#Cc1cccc(CNc2c(F)cccc2C(=O)O)c1. The molecule has 0 saturated carbocycles. The van der Waals surface area contributed by atoms with Crippen molar-refractivity contribution in [1.29, 1.82) is 5.26 Å². The molecule has 5 heteroatoms. The third-order valence-corrected chi connectivity index (χ3v) is 2.77. The number of hydrogen-bond acceptors (Lipinski definition) is 3. The van der Waals surface area contributed by atoms with Crippen LogP contribution in [0.15, 0.2) is 42.5 Å². The van der Waals surface area contributed by atoms with Gasteiger partial charge in [0.15, 0.2) is 0 Å². The third-order valence-electron chi connectivity index (χ3n) is 2.77. The zero-order valence-electron chi connectivity index (χ0n) is 10.4. The summed E-state index contributed by atoms with van der Waals surface area (Å²) in [5.74, 6) is -1.82. The number of benzene rings is 2. The zero-order valence-corrected chi connectivity index (χ0v) is 10.4. The molecule has 2 aromatic rings. The highest BCUT2D eigenvalue weighted by atomic mass is 19.1. The molecule has 20 heavy (non-hydrogen) atoms. The first-order chi connectivity index (χ1) is 9.61. The van der Waals surface area contributed by atoms with Crippen LogP contribution in [0.4, 0.5) is 10.1 Å². The molecule has 2 aromatic carbocycles. The second kappa shape index (κ2) is 5.85. The molecule has 0 fully saturated rings. The minimum absolute atomic E-state index is 0.0534. The van der Waals surface area contributed by atoms with Crippen molar-refractivity contribution in [2.75, 3.05) is 5.32 Å². The molecule has 0 radical (unpaired) electrons. The predicted molar refractivity (Wildman–Crippen MR) is 71.8 cm³/mol. The maximum absolute atomic E-state index is 13.7. The molecular formula is C15H11FN2O2. The van der Waals surface area contributed by atoms with E-state index in [-0.39, 0.29) is 17.8 Å². The molecule has 0 saturated heterocycles. The largest absolute Gasteiger partial charge is 0.478 e. The van der Waals surface area contributed by atoms with Crippen LogP contribution in [-0.2, 0) is 6.54 Å². The van der Waals surface area contributed by atoms with E-state index >= 15 is 0 Å². The minimum atomic E-state index is -1.20. The van der Waals surface area contributed by atoms with Crippen molar-refractivity contribution < 1.29 is 14.3 Å². The van der Waals surface area contributed by atoms with Gasteiger partial charge in [0.25, 0.3) is 0 Å². The lowest BCUT2D eigenvalue weighted by atomic mass is 10.1. The van der Waals surface area contributed by atoms with Crippen molar-refractivity contribution in [2.24, 2.45) is 0 Å². The Kier molecular flexibility index (Phi) is 3.96. The molecule has 0 aliphatic carbocycles. The molecule has 2 N–H and O–H groups in total. The maximum Gasteiger partial charge on any atom is 0.337 e. The fraction of sp³-hybridized carbons (Fsp3) is 0.0667. The van der Waals surface area contributed by atoms with Crippen LogP contribution >= 0.6 is 0 Å². The normalized spacial score (nSPS) is 9.80. The third kappa shape index (κ3) is 2.93. The van der Waals surface area contributed by atoms with Gasteiger partial charge in [-0.1, -0.05) is 18.2 Å². The number of carbonyl (C=O) groups is 1. The number of carboxylic acids is 1. The van der Waals surface area contributed by atoms with E-state index in [1.54, 1.807) is 24.3 Å². The fourth-order valence-corrected chi connectivity index (χ4v) is 1.82. The Balaban J connectivity index is 2.23. The molecule has 0 aromatic heterocycles. The van der Waals surface area contributed by atoms with E-state index in [9.17, 15) is 9.18 Å². The fourth-order valence-electron chi connectivity index (χ4n) is 1.82. The van der Waals surface area contributed by atoms with Crippen molar-refractivity contribution in [1.82, 2.24) is 0 Å². The molecular weight excluding hydrogens is 259 g/mol. The summed E-state index contributed by atoms with van der Waals surface area (Å²) >= 11 is 0. The number of anilines is 1. The Morgan fingerprint density at radius 3 is 2.75 bits per heavy atom. The number of nitriles is 1. The van der Waals surface area contributed by atoms with Crippen LogP contribution < -0.4 is 5.32 Å². The van der Waals surface area contributed by atoms with Crippen LogP contribution in [0.1, 0.15) is 21.5 Å². The molecule has 2 rings (SSSR count). The molecule has 0 bridgehead atoms. The van der Waals surface area contributed by atoms with Gasteiger partial charge >= 0.3 is 5.97 Å². The van der Waals surface area contributed by atoms with E-state index < -0.39 is 11.8 Å². The Morgan fingerprint density at radius 1 is 1.30 bits per heavy atom. The van der Waals surface area contributed by atoms with E-state index in [4.69, 9.17) is 10.4 Å². The number of carboxylic acid groups (broad SMARTS) is 1. The number of nitrogens with zero attached hydrogens (tertiary/aromatic N) is 1. The standard InChI is InChI=1S/C15H11FN2O2/c16-13-6-2-5-12(15(19)20)14(13)18-9-11-4-1-3-10(7-11)8-17/h1-7,18H,9H2,(H,19,20). The summed E-state index contributed by atoms with van der Waals surface area (Å²) < 4.78 is 13.7. The van der Waals surface area contributed by atoms with Gasteiger partial charge in [0, 0.05) is 6.54 Å². The first-order valence-corrected chi connectivity index (χ1v) is 5.86. The van der Waals surface area contributed by atoms with E-state index in [2.05, 4.69) is 5.32 Å². The summed E-state index contributed by atoms with van der Waals surface area (Å²) in [6, 6.07) is 12.7. The molecule has 0 atom stereocenters. The van der Waals surface area contributed by atoms with Crippen LogP contribution in [0.3, 0.4) is 0 Å².